The third-order valence-electron chi connectivity index (χ3n) is 1.59. The lowest BCUT2D eigenvalue weighted by Crippen LogP contribution is -2.36. The standard InChI is InChI=1S/C7H11NO5/c1-4(9)7(12)13-5(6(10)11)8-2-3-8/h4-5,9H,2-3H2,1H3,(H,10,11). The molecule has 0 aromatic rings. The lowest BCUT2D eigenvalue weighted by Gasteiger charge is -2.14. The summed E-state index contributed by atoms with van der Waals surface area (Å²) in [7, 11) is 0. The number of esters is 1. The number of nitrogens with zero attached hydrogens (tertiary/aromatic N) is 1. The molecule has 0 spiro atoms. The van der Waals surface area contributed by atoms with E-state index in [4.69, 9.17) is 10.2 Å². The SMILES string of the molecule is CC(O)C(=O)OC(C(=O)O)N1CC1. The molecule has 6 nitrogen and oxygen atoms in total. The molecule has 0 aliphatic carbocycles. The zero-order chi connectivity index (χ0) is 10.0. The van der Waals surface area contributed by atoms with Crippen LogP contribution in [0.3, 0.4) is 0 Å². The molecule has 2 N–H and O–H groups in total. The Labute approximate surface area is 74.7 Å². The van der Waals surface area contributed by atoms with Gasteiger partial charge in [0.05, 0.1) is 0 Å². The van der Waals surface area contributed by atoms with Crippen molar-refractivity contribution in [2.75, 3.05) is 13.1 Å². The second-order valence-corrected chi connectivity index (χ2v) is 2.84. The molecule has 1 heterocycles. The number of carboxylic acid groups (broad SMARTS) is 1. The molecule has 6 heteroatoms. The van der Waals surface area contributed by atoms with E-state index in [9.17, 15) is 9.59 Å². The van der Waals surface area contributed by atoms with E-state index >= 15 is 0 Å². The summed E-state index contributed by atoms with van der Waals surface area (Å²) in [6.07, 6.45) is -2.54. The Kier molecular flexibility index (Phi) is 2.84. The van der Waals surface area contributed by atoms with Gasteiger partial charge in [-0.15, -0.1) is 0 Å². The van der Waals surface area contributed by atoms with Crippen molar-refractivity contribution in [3.63, 3.8) is 0 Å². The Morgan fingerprint density at radius 1 is 1.46 bits per heavy atom. The first kappa shape index (κ1) is 9.94. The molecule has 1 aliphatic rings. The molecular weight excluding hydrogens is 178 g/mol. The third kappa shape index (κ3) is 2.67. The summed E-state index contributed by atoms with van der Waals surface area (Å²) in [5.41, 5.74) is 0. The van der Waals surface area contributed by atoms with Gasteiger partial charge in [0.2, 0.25) is 0 Å². The molecule has 1 aliphatic heterocycles. The van der Waals surface area contributed by atoms with E-state index in [1.54, 1.807) is 0 Å². The molecule has 74 valence electrons. The van der Waals surface area contributed by atoms with Crippen molar-refractivity contribution in [2.45, 2.75) is 19.3 Å². The van der Waals surface area contributed by atoms with Gasteiger partial charge in [-0.3, -0.25) is 4.90 Å². The third-order valence-corrected chi connectivity index (χ3v) is 1.59. The van der Waals surface area contributed by atoms with Gasteiger partial charge in [-0.25, -0.2) is 9.59 Å². The number of carboxylic acids is 1. The Bertz CT molecular complexity index is 223. The van der Waals surface area contributed by atoms with Gasteiger partial charge in [0, 0.05) is 13.1 Å². The van der Waals surface area contributed by atoms with Crippen LogP contribution in [0.4, 0.5) is 0 Å². The van der Waals surface area contributed by atoms with Crippen molar-refractivity contribution in [1.82, 2.24) is 4.90 Å². The van der Waals surface area contributed by atoms with Crippen molar-refractivity contribution in [3.05, 3.63) is 0 Å². The maximum Gasteiger partial charge on any atom is 0.360 e. The Morgan fingerprint density at radius 2 is 2.00 bits per heavy atom. The lowest BCUT2D eigenvalue weighted by atomic mass is 10.4. The van der Waals surface area contributed by atoms with Gasteiger partial charge in [-0.1, -0.05) is 0 Å². The van der Waals surface area contributed by atoms with Crippen LogP contribution in [-0.4, -0.2) is 52.5 Å². The lowest BCUT2D eigenvalue weighted by molar-refractivity contribution is -0.176. The number of hydrogen-bond donors (Lipinski definition) is 2. The van der Waals surface area contributed by atoms with Crippen molar-refractivity contribution in [2.24, 2.45) is 0 Å². The largest absolute Gasteiger partial charge is 0.477 e. The quantitative estimate of drug-likeness (QED) is 0.419. The average Bonchev–Trinajstić information content (AvgIpc) is 2.81. The van der Waals surface area contributed by atoms with Crippen LogP contribution in [0.2, 0.25) is 0 Å². The minimum Gasteiger partial charge on any atom is -0.477 e. The van der Waals surface area contributed by atoms with Gasteiger partial charge in [0.25, 0.3) is 6.23 Å². The molecule has 2 atom stereocenters. The number of rotatable bonds is 4. The first-order valence-corrected chi connectivity index (χ1v) is 3.88. The summed E-state index contributed by atoms with van der Waals surface area (Å²) in [4.78, 5) is 22.8. The van der Waals surface area contributed by atoms with Crippen LogP contribution in [-0.2, 0) is 14.3 Å². The van der Waals surface area contributed by atoms with Crippen LogP contribution in [0.15, 0.2) is 0 Å². The zero-order valence-electron chi connectivity index (χ0n) is 7.14. The van der Waals surface area contributed by atoms with Crippen LogP contribution in [0.1, 0.15) is 6.92 Å². The van der Waals surface area contributed by atoms with Crippen molar-refractivity contribution in [1.29, 1.82) is 0 Å². The fourth-order valence-electron chi connectivity index (χ4n) is 0.782. The molecule has 0 aromatic heterocycles. The smallest absolute Gasteiger partial charge is 0.360 e. The first-order chi connectivity index (χ1) is 6.02. The second kappa shape index (κ2) is 3.71. The highest BCUT2D eigenvalue weighted by atomic mass is 16.6. The first-order valence-electron chi connectivity index (χ1n) is 3.88. The summed E-state index contributed by atoms with van der Waals surface area (Å²) >= 11 is 0. The number of hydrogen-bond acceptors (Lipinski definition) is 5. The molecule has 1 saturated heterocycles. The Balaban J connectivity index is 2.47. The molecule has 0 bridgehead atoms. The van der Waals surface area contributed by atoms with Gasteiger partial charge in [-0.2, -0.15) is 0 Å². The van der Waals surface area contributed by atoms with E-state index in [0.29, 0.717) is 13.1 Å². The highest BCUT2D eigenvalue weighted by Crippen LogP contribution is 2.12. The van der Waals surface area contributed by atoms with Gasteiger partial charge in [0.15, 0.2) is 0 Å². The molecule has 0 aromatic carbocycles. The molecule has 0 radical (unpaired) electrons. The number of aliphatic hydroxyl groups is 1. The summed E-state index contributed by atoms with van der Waals surface area (Å²) in [5.74, 6) is -2.13. The van der Waals surface area contributed by atoms with Crippen molar-refractivity contribution >= 4 is 11.9 Å². The van der Waals surface area contributed by atoms with E-state index in [1.165, 1.54) is 11.8 Å². The minimum absolute atomic E-state index is 0.601. The van der Waals surface area contributed by atoms with Crippen LogP contribution >= 0.6 is 0 Å². The molecular formula is C7H11NO5. The minimum atomic E-state index is -1.29. The van der Waals surface area contributed by atoms with Crippen LogP contribution in [0.5, 0.6) is 0 Å². The maximum absolute atomic E-state index is 10.8. The summed E-state index contributed by atoms with van der Waals surface area (Å²) in [5, 5.41) is 17.4. The number of carbonyl (C=O) groups excluding carboxylic acids is 1. The molecule has 2 unspecified atom stereocenters. The van der Waals surface area contributed by atoms with E-state index in [-0.39, 0.29) is 0 Å². The zero-order valence-corrected chi connectivity index (χ0v) is 7.14. The Morgan fingerprint density at radius 3 is 2.31 bits per heavy atom. The molecule has 1 fully saturated rings. The van der Waals surface area contributed by atoms with Gasteiger partial charge < -0.3 is 14.9 Å². The van der Waals surface area contributed by atoms with E-state index in [1.807, 2.05) is 0 Å². The summed E-state index contributed by atoms with van der Waals surface area (Å²) in [6, 6.07) is 0. The normalized spacial score (nSPS) is 20.5. The van der Waals surface area contributed by atoms with Crippen molar-refractivity contribution in [3.8, 4) is 0 Å². The fourth-order valence-corrected chi connectivity index (χ4v) is 0.782. The van der Waals surface area contributed by atoms with E-state index in [2.05, 4.69) is 4.74 Å². The number of ether oxygens (including phenoxy) is 1. The average molecular weight is 189 g/mol. The maximum atomic E-state index is 10.8. The molecule has 0 amide bonds. The summed E-state index contributed by atoms with van der Waals surface area (Å²) < 4.78 is 4.53. The second-order valence-electron chi connectivity index (χ2n) is 2.84. The van der Waals surface area contributed by atoms with Crippen molar-refractivity contribution < 1.29 is 24.5 Å². The monoisotopic (exact) mass is 189 g/mol. The van der Waals surface area contributed by atoms with Crippen LogP contribution < -0.4 is 0 Å². The summed E-state index contributed by atoms with van der Waals surface area (Å²) in [6.45, 7) is 2.43. The predicted octanol–water partition coefficient (Wildman–Crippen LogP) is -1.36. The number of aliphatic hydroxyl groups excluding tert-OH is 1. The van der Waals surface area contributed by atoms with Gasteiger partial charge in [-0.05, 0) is 6.92 Å². The molecule has 1 rings (SSSR count). The van der Waals surface area contributed by atoms with Crippen LogP contribution in [0.25, 0.3) is 0 Å². The number of carbonyl (C=O) groups is 2. The van der Waals surface area contributed by atoms with E-state index < -0.39 is 24.3 Å². The van der Waals surface area contributed by atoms with Gasteiger partial charge >= 0.3 is 11.9 Å². The highest BCUT2D eigenvalue weighted by Gasteiger charge is 2.36. The highest BCUT2D eigenvalue weighted by molar-refractivity contribution is 5.79. The molecule has 13 heavy (non-hydrogen) atoms. The number of aliphatic carboxylic acids is 1. The van der Waals surface area contributed by atoms with Crippen LogP contribution in [0, 0.1) is 0 Å². The fraction of sp³-hybridized carbons (Fsp3) is 0.714. The van der Waals surface area contributed by atoms with E-state index in [0.717, 1.165) is 0 Å². The van der Waals surface area contributed by atoms with Gasteiger partial charge in [0.1, 0.15) is 6.10 Å². The topological polar surface area (TPSA) is 86.8 Å². The Hall–Kier alpha value is -1.14. The predicted molar refractivity (Wildman–Crippen MR) is 40.8 cm³/mol. The molecule has 0 saturated carbocycles.